The maximum atomic E-state index is 11.4. The van der Waals surface area contributed by atoms with E-state index in [1.165, 1.54) is 12.8 Å². The molecule has 0 aliphatic carbocycles. The Morgan fingerprint density at radius 2 is 2.35 bits per heavy atom. The normalized spacial score (nSPS) is 19.6. The van der Waals surface area contributed by atoms with Crippen LogP contribution in [0.2, 0.25) is 0 Å². The largest absolute Gasteiger partial charge is 0.381 e. The highest BCUT2D eigenvalue weighted by Gasteiger charge is 2.14. The molecule has 1 fully saturated rings. The minimum atomic E-state index is 0.0680. The fourth-order valence-electron chi connectivity index (χ4n) is 2.09. The van der Waals surface area contributed by atoms with E-state index in [-0.39, 0.29) is 5.56 Å². The number of aromatic nitrogens is 1. The quantitative estimate of drug-likeness (QED) is 0.745. The van der Waals surface area contributed by atoms with Crippen molar-refractivity contribution in [2.75, 3.05) is 26.3 Å². The van der Waals surface area contributed by atoms with Gasteiger partial charge in [0.2, 0.25) is 0 Å². The number of pyridine rings is 1. The number of hydrogen-bond acceptors (Lipinski definition) is 3. The Labute approximate surface area is 102 Å². The molecule has 0 aromatic carbocycles. The van der Waals surface area contributed by atoms with Gasteiger partial charge in [-0.15, -0.1) is 0 Å². The molecule has 4 heteroatoms. The highest BCUT2D eigenvalue weighted by molar-refractivity contribution is 4.93. The predicted octanol–water partition coefficient (Wildman–Crippen LogP) is 0.864. The molecule has 1 saturated heterocycles. The number of nitrogens with one attached hydrogen (secondary N) is 1. The van der Waals surface area contributed by atoms with E-state index in [0.717, 1.165) is 38.8 Å². The fraction of sp³-hybridized carbons (Fsp3) is 0.615. The molecule has 1 unspecified atom stereocenters. The van der Waals surface area contributed by atoms with E-state index in [4.69, 9.17) is 4.74 Å². The zero-order valence-corrected chi connectivity index (χ0v) is 10.1. The Balaban J connectivity index is 1.60. The maximum absolute atomic E-state index is 11.4. The van der Waals surface area contributed by atoms with Crippen molar-refractivity contribution < 1.29 is 4.74 Å². The first kappa shape index (κ1) is 12.3. The van der Waals surface area contributed by atoms with Crippen molar-refractivity contribution in [2.24, 2.45) is 5.92 Å². The Hall–Kier alpha value is -1.13. The molecule has 2 heterocycles. The second-order valence-electron chi connectivity index (χ2n) is 4.50. The lowest BCUT2D eigenvalue weighted by Crippen LogP contribution is -2.27. The summed E-state index contributed by atoms with van der Waals surface area (Å²) in [6.07, 6.45) is 4.19. The van der Waals surface area contributed by atoms with E-state index in [1.54, 1.807) is 16.7 Å². The molecule has 1 atom stereocenters. The molecule has 94 valence electrons. The highest BCUT2D eigenvalue weighted by Crippen LogP contribution is 2.14. The second-order valence-corrected chi connectivity index (χ2v) is 4.50. The Kier molecular flexibility index (Phi) is 4.76. The van der Waals surface area contributed by atoms with Gasteiger partial charge >= 0.3 is 0 Å². The van der Waals surface area contributed by atoms with E-state index in [1.807, 2.05) is 12.3 Å². The van der Waals surface area contributed by atoms with Crippen LogP contribution in [0.1, 0.15) is 12.8 Å². The summed E-state index contributed by atoms with van der Waals surface area (Å²) < 4.78 is 7.05. The van der Waals surface area contributed by atoms with E-state index in [2.05, 4.69) is 5.32 Å². The summed E-state index contributed by atoms with van der Waals surface area (Å²) in [7, 11) is 0. The van der Waals surface area contributed by atoms with Crippen molar-refractivity contribution in [3.63, 3.8) is 0 Å². The van der Waals surface area contributed by atoms with Crippen molar-refractivity contribution in [3.8, 4) is 0 Å². The fourth-order valence-corrected chi connectivity index (χ4v) is 2.09. The van der Waals surface area contributed by atoms with Gasteiger partial charge in [0.15, 0.2) is 0 Å². The van der Waals surface area contributed by atoms with Gasteiger partial charge in [-0.25, -0.2) is 0 Å². The molecule has 2 rings (SSSR count). The highest BCUT2D eigenvalue weighted by atomic mass is 16.5. The van der Waals surface area contributed by atoms with E-state index in [0.29, 0.717) is 0 Å². The second kappa shape index (κ2) is 6.57. The van der Waals surface area contributed by atoms with Gasteiger partial charge in [0.1, 0.15) is 0 Å². The third kappa shape index (κ3) is 3.98. The minimum Gasteiger partial charge on any atom is -0.381 e. The smallest absolute Gasteiger partial charge is 0.250 e. The van der Waals surface area contributed by atoms with Crippen molar-refractivity contribution >= 4 is 0 Å². The van der Waals surface area contributed by atoms with Crippen LogP contribution >= 0.6 is 0 Å². The van der Waals surface area contributed by atoms with Gasteiger partial charge in [0.25, 0.3) is 5.56 Å². The molecule has 1 aliphatic rings. The lowest BCUT2D eigenvalue weighted by Gasteiger charge is -2.09. The van der Waals surface area contributed by atoms with Crippen molar-refractivity contribution in [2.45, 2.75) is 19.4 Å². The van der Waals surface area contributed by atoms with Crippen LogP contribution in [0.25, 0.3) is 0 Å². The molecule has 1 aromatic rings. The molecular formula is C13H20N2O2. The molecular weight excluding hydrogens is 216 g/mol. The van der Waals surface area contributed by atoms with Gasteiger partial charge in [-0.3, -0.25) is 4.79 Å². The first-order valence-electron chi connectivity index (χ1n) is 6.30. The van der Waals surface area contributed by atoms with Crippen LogP contribution in [0, 0.1) is 5.92 Å². The zero-order valence-electron chi connectivity index (χ0n) is 10.1. The van der Waals surface area contributed by atoms with Gasteiger partial charge in [0, 0.05) is 38.6 Å². The molecule has 0 amide bonds. The van der Waals surface area contributed by atoms with Crippen LogP contribution in [0.4, 0.5) is 0 Å². The third-order valence-corrected chi connectivity index (χ3v) is 3.18. The van der Waals surface area contributed by atoms with Gasteiger partial charge in [-0.2, -0.15) is 0 Å². The van der Waals surface area contributed by atoms with Gasteiger partial charge < -0.3 is 14.6 Å². The average molecular weight is 236 g/mol. The molecule has 1 aromatic heterocycles. The molecule has 17 heavy (non-hydrogen) atoms. The van der Waals surface area contributed by atoms with Crippen LogP contribution in [-0.2, 0) is 11.3 Å². The standard InChI is InChI=1S/C13H20N2O2/c16-13-3-1-2-8-15(13)9-7-14-6-4-12-5-10-17-11-12/h1-3,8,12,14H,4-7,9-11H2. The summed E-state index contributed by atoms with van der Waals surface area (Å²) in [6, 6.07) is 5.25. The van der Waals surface area contributed by atoms with Crippen LogP contribution in [0.5, 0.6) is 0 Å². The van der Waals surface area contributed by atoms with E-state index >= 15 is 0 Å². The molecule has 0 bridgehead atoms. The summed E-state index contributed by atoms with van der Waals surface area (Å²) in [4.78, 5) is 11.4. The number of nitrogens with zero attached hydrogens (tertiary/aromatic N) is 1. The number of rotatable bonds is 6. The Bertz CT molecular complexity index is 383. The van der Waals surface area contributed by atoms with Crippen LogP contribution < -0.4 is 10.9 Å². The first-order chi connectivity index (χ1) is 8.36. The summed E-state index contributed by atoms with van der Waals surface area (Å²) in [5, 5.41) is 3.37. The first-order valence-corrected chi connectivity index (χ1v) is 6.30. The van der Waals surface area contributed by atoms with Gasteiger partial charge in [-0.05, 0) is 31.4 Å². The van der Waals surface area contributed by atoms with Gasteiger partial charge in [-0.1, -0.05) is 6.07 Å². The molecule has 0 spiro atoms. The topological polar surface area (TPSA) is 43.3 Å². The predicted molar refractivity (Wildman–Crippen MR) is 67.1 cm³/mol. The van der Waals surface area contributed by atoms with Gasteiger partial charge in [0.05, 0.1) is 0 Å². The lowest BCUT2D eigenvalue weighted by molar-refractivity contribution is 0.184. The molecule has 4 nitrogen and oxygen atoms in total. The van der Waals surface area contributed by atoms with Crippen LogP contribution in [0.3, 0.4) is 0 Å². The van der Waals surface area contributed by atoms with E-state index in [9.17, 15) is 4.79 Å². The van der Waals surface area contributed by atoms with Crippen LogP contribution in [0.15, 0.2) is 29.2 Å². The van der Waals surface area contributed by atoms with Crippen LogP contribution in [-0.4, -0.2) is 30.9 Å². The average Bonchev–Trinajstić information content (AvgIpc) is 2.84. The monoisotopic (exact) mass is 236 g/mol. The minimum absolute atomic E-state index is 0.0680. The zero-order chi connectivity index (χ0) is 11.9. The summed E-state index contributed by atoms with van der Waals surface area (Å²) in [5.74, 6) is 0.724. The Morgan fingerprint density at radius 1 is 1.41 bits per heavy atom. The number of ether oxygens (including phenoxy) is 1. The SMILES string of the molecule is O=c1ccccn1CCNCCC1CCOC1. The van der Waals surface area contributed by atoms with Crippen molar-refractivity contribution in [1.82, 2.24) is 9.88 Å². The lowest BCUT2D eigenvalue weighted by atomic mass is 10.1. The third-order valence-electron chi connectivity index (χ3n) is 3.18. The van der Waals surface area contributed by atoms with Crippen molar-refractivity contribution in [3.05, 3.63) is 34.7 Å². The Morgan fingerprint density at radius 3 is 3.12 bits per heavy atom. The molecule has 1 aliphatic heterocycles. The molecule has 0 saturated carbocycles. The maximum Gasteiger partial charge on any atom is 0.250 e. The van der Waals surface area contributed by atoms with E-state index < -0.39 is 0 Å². The summed E-state index contributed by atoms with van der Waals surface area (Å²) in [6.45, 7) is 4.43. The summed E-state index contributed by atoms with van der Waals surface area (Å²) in [5.41, 5.74) is 0.0680. The molecule has 0 radical (unpaired) electrons. The number of hydrogen-bond donors (Lipinski definition) is 1. The van der Waals surface area contributed by atoms with Crippen molar-refractivity contribution in [1.29, 1.82) is 0 Å². The molecule has 1 N–H and O–H groups in total. The summed E-state index contributed by atoms with van der Waals surface area (Å²) >= 11 is 0.